The van der Waals surface area contributed by atoms with Crippen LogP contribution in [0.5, 0.6) is 11.5 Å². The number of benzene rings is 2. The van der Waals surface area contributed by atoms with Gasteiger partial charge >= 0.3 is 0 Å². The average molecular weight is 338 g/mol. The molecule has 0 aliphatic heterocycles. The molecule has 1 N–H and O–H groups in total. The molecule has 0 aliphatic rings. The van der Waals surface area contributed by atoms with Crippen LogP contribution < -0.4 is 14.8 Å². The van der Waals surface area contributed by atoms with Gasteiger partial charge in [-0.05, 0) is 43.3 Å². The van der Waals surface area contributed by atoms with E-state index in [2.05, 4.69) is 5.32 Å². The second-order valence-electron chi connectivity index (χ2n) is 5.18. The summed E-state index contributed by atoms with van der Waals surface area (Å²) >= 11 is 0. The van der Waals surface area contributed by atoms with Crippen molar-refractivity contribution in [2.75, 3.05) is 18.5 Å². The fourth-order valence-corrected chi connectivity index (χ4v) is 2.13. The lowest BCUT2D eigenvalue weighted by Crippen LogP contribution is -2.12. The minimum absolute atomic E-state index is 0.161. The summed E-state index contributed by atoms with van der Waals surface area (Å²) in [7, 11) is 0. The predicted molar refractivity (Wildman–Crippen MR) is 92.9 cm³/mol. The van der Waals surface area contributed by atoms with Gasteiger partial charge in [-0.25, -0.2) is 0 Å². The highest BCUT2D eigenvalue weighted by atomic mass is 16.5. The number of ether oxygens (including phenoxy) is 2. The predicted octanol–water partition coefficient (Wildman–Crippen LogP) is 3.18. The number of Topliss-reactive ketones (excluding diaryl/α,β-unsaturated/α-hetero) is 1. The third-order valence-corrected chi connectivity index (χ3v) is 3.26. The average Bonchev–Trinajstić information content (AvgIpc) is 2.60. The molecule has 0 aromatic heterocycles. The van der Waals surface area contributed by atoms with Crippen molar-refractivity contribution in [3.8, 4) is 17.6 Å². The molecular weight excluding hydrogens is 320 g/mol. The van der Waals surface area contributed by atoms with Crippen molar-refractivity contribution >= 4 is 17.4 Å². The fraction of sp³-hybridized carbons (Fsp3) is 0.211. The molecule has 0 radical (unpaired) electrons. The van der Waals surface area contributed by atoms with Crippen LogP contribution >= 0.6 is 0 Å². The number of amides is 1. The highest BCUT2D eigenvalue weighted by Crippen LogP contribution is 2.28. The number of carbonyl (C=O) groups excluding carboxylic acids is 2. The lowest BCUT2D eigenvalue weighted by atomic mass is 10.1. The third-order valence-electron chi connectivity index (χ3n) is 3.26. The first-order chi connectivity index (χ1) is 12.0. The second kappa shape index (κ2) is 8.50. The Hall–Kier alpha value is -3.33. The molecule has 0 unspecified atom stereocenters. The lowest BCUT2D eigenvalue weighted by molar-refractivity contribution is -0.114. The van der Waals surface area contributed by atoms with Gasteiger partial charge in [0.1, 0.15) is 0 Å². The summed E-state index contributed by atoms with van der Waals surface area (Å²) in [4.78, 5) is 23.2. The van der Waals surface area contributed by atoms with Crippen LogP contribution in [0.1, 0.15) is 29.8 Å². The van der Waals surface area contributed by atoms with Gasteiger partial charge in [0.15, 0.2) is 23.9 Å². The van der Waals surface area contributed by atoms with Gasteiger partial charge in [0, 0.05) is 24.2 Å². The summed E-state index contributed by atoms with van der Waals surface area (Å²) in [6.07, 6.45) is 0. The SMILES string of the molecule is CCOc1cc(C#N)ccc1OCC(=O)c1ccc(NC(C)=O)cc1. The van der Waals surface area contributed by atoms with E-state index in [4.69, 9.17) is 14.7 Å². The molecule has 0 spiro atoms. The van der Waals surface area contributed by atoms with Gasteiger partial charge in [-0.2, -0.15) is 5.26 Å². The summed E-state index contributed by atoms with van der Waals surface area (Å²) in [6.45, 7) is 3.50. The van der Waals surface area contributed by atoms with E-state index in [1.807, 2.05) is 13.0 Å². The quantitative estimate of drug-likeness (QED) is 0.783. The molecule has 0 heterocycles. The van der Waals surface area contributed by atoms with Crippen LogP contribution in [0.4, 0.5) is 5.69 Å². The minimum atomic E-state index is -0.207. The normalized spacial score (nSPS) is 9.80. The van der Waals surface area contributed by atoms with Crippen LogP contribution in [0.2, 0.25) is 0 Å². The van der Waals surface area contributed by atoms with E-state index in [1.54, 1.807) is 42.5 Å². The van der Waals surface area contributed by atoms with Crippen LogP contribution in [-0.4, -0.2) is 24.9 Å². The maximum absolute atomic E-state index is 12.2. The zero-order valence-electron chi connectivity index (χ0n) is 14.0. The van der Waals surface area contributed by atoms with E-state index in [9.17, 15) is 9.59 Å². The molecule has 0 fully saturated rings. The molecule has 128 valence electrons. The number of ketones is 1. The Morgan fingerprint density at radius 2 is 1.80 bits per heavy atom. The third kappa shape index (κ3) is 5.08. The second-order valence-corrected chi connectivity index (χ2v) is 5.18. The summed E-state index contributed by atoms with van der Waals surface area (Å²) in [5.41, 5.74) is 1.55. The number of nitrogens with one attached hydrogen (secondary N) is 1. The zero-order valence-corrected chi connectivity index (χ0v) is 14.0. The van der Waals surface area contributed by atoms with Crippen LogP contribution in [0.15, 0.2) is 42.5 Å². The van der Waals surface area contributed by atoms with E-state index in [0.717, 1.165) is 0 Å². The highest BCUT2D eigenvalue weighted by molar-refractivity contribution is 5.98. The Kier molecular flexibility index (Phi) is 6.13. The van der Waals surface area contributed by atoms with E-state index in [0.29, 0.717) is 34.9 Å². The monoisotopic (exact) mass is 338 g/mol. The lowest BCUT2D eigenvalue weighted by Gasteiger charge is -2.12. The number of hydrogen-bond acceptors (Lipinski definition) is 5. The number of nitrogens with zero attached hydrogens (tertiary/aromatic N) is 1. The van der Waals surface area contributed by atoms with Crippen molar-refractivity contribution in [3.63, 3.8) is 0 Å². The molecule has 6 nitrogen and oxygen atoms in total. The van der Waals surface area contributed by atoms with Gasteiger partial charge in [-0.3, -0.25) is 9.59 Å². The van der Waals surface area contributed by atoms with Crippen LogP contribution in [0.3, 0.4) is 0 Å². The summed E-state index contributed by atoms with van der Waals surface area (Å²) in [6, 6.07) is 13.4. The van der Waals surface area contributed by atoms with Crippen molar-refractivity contribution in [2.24, 2.45) is 0 Å². The molecule has 1 amide bonds. The fourth-order valence-electron chi connectivity index (χ4n) is 2.13. The first kappa shape index (κ1) is 18.0. The Morgan fingerprint density at radius 3 is 2.40 bits per heavy atom. The highest BCUT2D eigenvalue weighted by Gasteiger charge is 2.11. The van der Waals surface area contributed by atoms with Crippen molar-refractivity contribution < 1.29 is 19.1 Å². The molecule has 0 bridgehead atoms. The molecule has 0 saturated carbocycles. The summed E-state index contributed by atoms with van der Waals surface area (Å²) in [5.74, 6) is 0.451. The topological polar surface area (TPSA) is 88.4 Å². The molecule has 0 atom stereocenters. The Balaban J connectivity index is 2.04. The van der Waals surface area contributed by atoms with Crippen LogP contribution in [0, 0.1) is 11.3 Å². The number of rotatable bonds is 7. The molecule has 2 rings (SSSR count). The first-order valence-corrected chi connectivity index (χ1v) is 7.74. The number of carbonyl (C=O) groups is 2. The largest absolute Gasteiger partial charge is 0.490 e. The zero-order chi connectivity index (χ0) is 18.2. The van der Waals surface area contributed by atoms with Gasteiger partial charge in [-0.15, -0.1) is 0 Å². The number of hydrogen-bond donors (Lipinski definition) is 1. The van der Waals surface area contributed by atoms with Crippen molar-refractivity contribution in [2.45, 2.75) is 13.8 Å². The maximum atomic E-state index is 12.2. The van der Waals surface area contributed by atoms with Crippen molar-refractivity contribution in [1.82, 2.24) is 0 Å². The standard InChI is InChI=1S/C19H18N2O4/c1-3-24-19-10-14(11-20)4-9-18(19)25-12-17(23)15-5-7-16(8-6-15)21-13(2)22/h4-10H,3,12H2,1-2H3,(H,21,22). The van der Waals surface area contributed by atoms with E-state index in [-0.39, 0.29) is 18.3 Å². The van der Waals surface area contributed by atoms with Crippen molar-refractivity contribution in [1.29, 1.82) is 5.26 Å². The van der Waals surface area contributed by atoms with Crippen LogP contribution in [0.25, 0.3) is 0 Å². The summed E-state index contributed by atoms with van der Waals surface area (Å²) in [5, 5.41) is 11.6. The molecule has 0 saturated heterocycles. The Labute approximate surface area is 146 Å². The molecule has 25 heavy (non-hydrogen) atoms. The Bertz CT molecular complexity index is 807. The van der Waals surface area contributed by atoms with E-state index < -0.39 is 0 Å². The van der Waals surface area contributed by atoms with Crippen molar-refractivity contribution in [3.05, 3.63) is 53.6 Å². The summed E-state index contributed by atoms with van der Waals surface area (Å²) < 4.78 is 11.0. The number of nitriles is 1. The molecule has 2 aromatic rings. The van der Waals surface area contributed by atoms with Gasteiger partial charge in [0.05, 0.1) is 18.2 Å². The minimum Gasteiger partial charge on any atom is -0.490 e. The Morgan fingerprint density at radius 1 is 1.08 bits per heavy atom. The van der Waals surface area contributed by atoms with E-state index >= 15 is 0 Å². The smallest absolute Gasteiger partial charge is 0.221 e. The number of anilines is 1. The molecule has 0 aliphatic carbocycles. The van der Waals surface area contributed by atoms with Gasteiger partial charge < -0.3 is 14.8 Å². The maximum Gasteiger partial charge on any atom is 0.221 e. The first-order valence-electron chi connectivity index (χ1n) is 7.74. The van der Waals surface area contributed by atoms with Gasteiger partial charge in [0.2, 0.25) is 5.91 Å². The molecular formula is C19H18N2O4. The van der Waals surface area contributed by atoms with E-state index in [1.165, 1.54) is 6.92 Å². The molecule has 6 heteroatoms. The molecule has 2 aromatic carbocycles. The van der Waals surface area contributed by atoms with Gasteiger partial charge in [-0.1, -0.05) is 0 Å². The van der Waals surface area contributed by atoms with Gasteiger partial charge in [0.25, 0.3) is 0 Å². The van der Waals surface area contributed by atoms with Crippen LogP contribution in [-0.2, 0) is 4.79 Å².